The molecular formula is C28H24N4O6S2. The van der Waals surface area contributed by atoms with Crippen molar-refractivity contribution in [3.63, 3.8) is 0 Å². The van der Waals surface area contributed by atoms with Crippen LogP contribution in [-0.4, -0.2) is 34.3 Å². The van der Waals surface area contributed by atoms with Gasteiger partial charge in [-0.25, -0.2) is 4.98 Å². The summed E-state index contributed by atoms with van der Waals surface area (Å²) in [7, 11) is 0. The van der Waals surface area contributed by atoms with Crippen LogP contribution in [0.1, 0.15) is 33.8 Å². The summed E-state index contributed by atoms with van der Waals surface area (Å²) in [6.45, 7) is 2.02. The van der Waals surface area contributed by atoms with Gasteiger partial charge in [-0.1, -0.05) is 36.4 Å². The summed E-state index contributed by atoms with van der Waals surface area (Å²) in [5.74, 6) is -1.14. The summed E-state index contributed by atoms with van der Waals surface area (Å²) < 4.78 is 4.95. The van der Waals surface area contributed by atoms with Gasteiger partial charge >= 0.3 is 5.97 Å². The molecule has 10 nitrogen and oxygen atoms in total. The Morgan fingerprint density at radius 1 is 1.02 bits per heavy atom. The Kier molecular flexibility index (Phi) is 9.60. The van der Waals surface area contributed by atoms with Crippen molar-refractivity contribution in [2.24, 2.45) is 0 Å². The fraction of sp³-hybridized carbons (Fsp3) is 0.143. The zero-order valence-corrected chi connectivity index (χ0v) is 22.9. The maximum Gasteiger partial charge on any atom is 0.311 e. The Labute approximate surface area is 237 Å². The van der Waals surface area contributed by atoms with Crippen molar-refractivity contribution in [3.05, 3.63) is 111 Å². The highest BCUT2D eigenvalue weighted by Crippen LogP contribution is 2.37. The Hall–Kier alpha value is -4.55. The summed E-state index contributed by atoms with van der Waals surface area (Å²) in [6.07, 6.45) is 0.0289. The van der Waals surface area contributed by atoms with E-state index in [4.69, 9.17) is 4.74 Å². The van der Waals surface area contributed by atoms with E-state index >= 15 is 0 Å². The minimum atomic E-state index is -0.607. The Morgan fingerprint density at radius 2 is 1.77 bits per heavy atom. The average molecular weight is 577 g/mol. The molecule has 0 bridgehead atoms. The molecule has 1 atom stereocenters. The summed E-state index contributed by atoms with van der Waals surface area (Å²) in [4.78, 5) is 53.2. The number of hydrogen-bond acceptors (Lipinski definition) is 9. The van der Waals surface area contributed by atoms with Crippen LogP contribution in [0.3, 0.4) is 0 Å². The fourth-order valence-corrected chi connectivity index (χ4v) is 5.33. The molecule has 204 valence electrons. The van der Waals surface area contributed by atoms with Gasteiger partial charge in [0.2, 0.25) is 5.91 Å². The molecule has 3 aromatic carbocycles. The first-order valence-corrected chi connectivity index (χ1v) is 13.9. The molecule has 1 unspecified atom stereocenters. The molecule has 0 spiro atoms. The molecule has 0 saturated carbocycles. The number of nitrogens with zero attached hydrogens (tertiary/aromatic N) is 2. The second-order valence-corrected chi connectivity index (χ2v) is 10.3. The zero-order valence-electron chi connectivity index (χ0n) is 21.2. The molecule has 0 aliphatic carbocycles. The van der Waals surface area contributed by atoms with Crippen LogP contribution in [0.2, 0.25) is 0 Å². The smallest absolute Gasteiger partial charge is 0.311 e. The number of benzene rings is 3. The van der Waals surface area contributed by atoms with E-state index in [0.29, 0.717) is 16.5 Å². The van der Waals surface area contributed by atoms with E-state index in [-0.39, 0.29) is 36.2 Å². The number of hydrogen-bond donors (Lipinski definition) is 2. The van der Waals surface area contributed by atoms with E-state index in [2.05, 4.69) is 15.6 Å². The summed E-state index contributed by atoms with van der Waals surface area (Å²) in [5, 5.41) is 18.0. The molecule has 1 aromatic heterocycles. The SMILES string of the molecule is CCOC(=O)Cc1csc(NC(=O)C(Sc2ccc(NC(=O)c3cccc([N+](=O)[O-])c3)cc2)c2ccccc2)n1. The number of carbonyl (C=O) groups is 3. The van der Waals surface area contributed by atoms with Crippen molar-refractivity contribution >= 4 is 57.4 Å². The van der Waals surface area contributed by atoms with Crippen LogP contribution in [0.15, 0.2) is 89.1 Å². The normalized spacial score (nSPS) is 11.3. The van der Waals surface area contributed by atoms with E-state index in [1.54, 1.807) is 36.6 Å². The number of thioether (sulfide) groups is 1. The molecule has 0 saturated heterocycles. The van der Waals surface area contributed by atoms with Crippen LogP contribution in [0.25, 0.3) is 0 Å². The van der Waals surface area contributed by atoms with E-state index in [9.17, 15) is 24.5 Å². The lowest BCUT2D eigenvalue weighted by Gasteiger charge is -2.16. The van der Waals surface area contributed by atoms with Crippen LogP contribution in [0.5, 0.6) is 0 Å². The number of nitro groups is 1. The van der Waals surface area contributed by atoms with Crippen molar-refractivity contribution in [2.75, 3.05) is 17.2 Å². The topological polar surface area (TPSA) is 141 Å². The molecule has 1 heterocycles. The number of esters is 1. The summed E-state index contributed by atoms with van der Waals surface area (Å²) >= 11 is 2.55. The number of amides is 2. The molecule has 12 heteroatoms. The molecule has 2 amide bonds. The number of nitrogens with one attached hydrogen (secondary N) is 2. The predicted molar refractivity (Wildman–Crippen MR) is 154 cm³/mol. The quantitative estimate of drug-likeness (QED) is 0.0976. The van der Waals surface area contributed by atoms with Crippen LogP contribution in [-0.2, 0) is 20.7 Å². The van der Waals surface area contributed by atoms with Gasteiger partial charge in [0.1, 0.15) is 5.25 Å². The van der Waals surface area contributed by atoms with E-state index < -0.39 is 16.1 Å². The van der Waals surface area contributed by atoms with Gasteiger partial charge in [-0.3, -0.25) is 24.5 Å². The highest BCUT2D eigenvalue weighted by molar-refractivity contribution is 8.00. The molecule has 0 radical (unpaired) electrons. The lowest BCUT2D eigenvalue weighted by atomic mass is 10.1. The lowest BCUT2D eigenvalue weighted by molar-refractivity contribution is -0.384. The van der Waals surface area contributed by atoms with Crippen molar-refractivity contribution in [1.29, 1.82) is 0 Å². The van der Waals surface area contributed by atoms with Gasteiger partial charge in [-0.2, -0.15) is 0 Å². The number of carbonyl (C=O) groups excluding carboxylic acids is 3. The average Bonchev–Trinajstić information content (AvgIpc) is 3.39. The molecule has 2 N–H and O–H groups in total. The van der Waals surface area contributed by atoms with Gasteiger partial charge in [-0.15, -0.1) is 23.1 Å². The number of aromatic nitrogens is 1. The first kappa shape index (κ1) is 28.5. The molecule has 0 fully saturated rings. The first-order chi connectivity index (χ1) is 19.3. The predicted octanol–water partition coefficient (Wildman–Crippen LogP) is 5.88. The zero-order chi connectivity index (χ0) is 28.5. The largest absolute Gasteiger partial charge is 0.466 e. The molecule has 4 aromatic rings. The number of anilines is 2. The highest BCUT2D eigenvalue weighted by atomic mass is 32.2. The van der Waals surface area contributed by atoms with Crippen molar-refractivity contribution in [1.82, 2.24) is 4.98 Å². The maximum absolute atomic E-state index is 13.3. The number of thiazole rings is 1. The van der Waals surface area contributed by atoms with Crippen molar-refractivity contribution < 1.29 is 24.0 Å². The Morgan fingerprint density at radius 3 is 2.48 bits per heavy atom. The molecule has 0 aliphatic heterocycles. The fourth-order valence-electron chi connectivity index (χ4n) is 3.59. The van der Waals surface area contributed by atoms with Crippen LogP contribution < -0.4 is 10.6 Å². The first-order valence-electron chi connectivity index (χ1n) is 12.1. The second-order valence-electron chi connectivity index (χ2n) is 8.31. The summed E-state index contributed by atoms with van der Waals surface area (Å²) in [6, 6.07) is 21.7. The molecular weight excluding hydrogens is 552 g/mol. The van der Waals surface area contributed by atoms with Crippen LogP contribution in [0.4, 0.5) is 16.5 Å². The number of nitro benzene ring substituents is 1. The highest BCUT2D eigenvalue weighted by Gasteiger charge is 2.23. The van der Waals surface area contributed by atoms with Gasteiger partial charge < -0.3 is 15.4 Å². The van der Waals surface area contributed by atoms with Gasteiger partial charge in [0.15, 0.2) is 5.13 Å². The molecule has 40 heavy (non-hydrogen) atoms. The standard InChI is InChI=1S/C28H24N4O6S2/c1-2-38-24(33)16-21-17-39-28(30-21)31-27(35)25(18-7-4-3-5-8-18)40-23-13-11-20(12-14-23)29-26(34)19-9-6-10-22(15-19)32(36)37/h3-15,17,25H,2,16H2,1H3,(H,29,34)(H,30,31,35). The van der Waals surface area contributed by atoms with Gasteiger partial charge in [0.25, 0.3) is 11.6 Å². The number of ether oxygens (including phenoxy) is 1. The summed E-state index contributed by atoms with van der Waals surface area (Å²) in [5.41, 5.74) is 1.80. The number of non-ortho nitro benzene ring substituents is 1. The third-order valence-corrected chi connectivity index (χ3v) is 7.51. The number of rotatable bonds is 11. The van der Waals surface area contributed by atoms with Gasteiger partial charge in [0, 0.05) is 33.7 Å². The minimum Gasteiger partial charge on any atom is -0.466 e. The van der Waals surface area contributed by atoms with Crippen LogP contribution >= 0.6 is 23.1 Å². The van der Waals surface area contributed by atoms with E-state index in [1.807, 2.05) is 30.3 Å². The third kappa shape index (κ3) is 7.74. The van der Waals surface area contributed by atoms with Gasteiger partial charge in [-0.05, 0) is 42.8 Å². The van der Waals surface area contributed by atoms with Crippen molar-refractivity contribution in [2.45, 2.75) is 23.5 Å². The molecule has 4 rings (SSSR count). The van der Waals surface area contributed by atoms with Crippen molar-refractivity contribution in [3.8, 4) is 0 Å². The van der Waals surface area contributed by atoms with E-state index in [0.717, 1.165) is 10.5 Å². The lowest BCUT2D eigenvalue weighted by Crippen LogP contribution is -2.19. The third-order valence-electron chi connectivity index (χ3n) is 5.44. The van der Waals surface area contributed by atoms with Gasteiger partial charge in [0.05, 0.1) is 23.6 Å². The monoisotopic (exact) mass is 576 g/mol. The Balaban J connectivity index is 1.44. The van der Waals surface area contributed by atoms with E-state index in [1.165, 1.54) is 47.4 Å². The molecule has 0 aliphatic rings. The second kappa shape index (κ2) is 13.5. The minimum absolute atomic E-state index is 0.0289. The maximum atomic E-state index is 13.3. The Bertz CT molecular complexity index is 1510. The van der Waals surface area contributed by atoms with Crippen LogP contribution in [0, 0.1) is 10.1 Å².